The monoisotopic (exact) mass is 263 g/mol. The highest BCUT2D eigenvalue weighted by Crippen LogP contribution is 2.47. The van der Waals surface area contributed by atoms with Crippen molar-refractivity contribution >= 4 is 11.7 Å². The van der Waals surface area contributed by atoms with Crippen molar-refractivity contribution in [2.45, 2.75) is 25.2 Å². The van der Waals surface area contributed by atoms with Crippen LogP contribution in [0.2, 0.25) is 0 Å². The summed E-state index contributed by atoms with van der Waals surface area (Å²) in [6.45, 7) is 0. The summed E-state index contributed by atoms with van der Waals surface area (Å²) in [6, 6.07) is 5.91. The van der Waals surface area contributed by atoms with Gasteiger partial charge in [-0.25, -0.2) is 0 Å². The molecule has 0 aliphatic heterocycles. The van der Waals surface area contributed by atoms with Crippen molar-refractivity contribution < 1.29 is 14.6 Å². The van der Waals surface area contributed by atoms with Crippen LogP contribution in [0.1, 0.15) is 30.7 Å². The lowest BCUT2D eigenvalue weighted by Gasteiger charge is -2.24. The highest BCUT2D eigenvalue weighted by Gasteiger charge is 2.35. The van der Waals surface area contributed by atoms with Gasteiger partial charge in [0.15, 0.2) is 0 Å². The molecule has 0 spiro atoms. The molecule has 4 nitrogen and oxygen atoms in total. The van der Waals surface area contributed by atoms with Crippen LogP contribution in [0.25, 0.3) is 0 Å². The molecular formula is C15H21NO3. The zero-order chi connectivity index (χ0) is 14.0. The first-order valence-electron chi connectivity index (χ1n) is 6.60. The molecule has 1 aromatic carbocycles. The molecule has 104 valence electrons. The second-order valence-corrected chi connectivity index (χ2v) is 5.36. The number of nitrogens with zero attached hydrogens (tertiary/aromatic N) is 1. The quantitative estimate of drug-likeness (QED) is 0.857. The normalized spacial score (nSPS) is 15.9. The van der Waals surface area contributed by atoms with E-state index >= 15 is 0 Å². The molecule has 4 heteroatoms. The number of carboxylic acids is 1. The van der Waals surface area contributed by atoms with Gasteiger partial charge in [-0.1, -0.05) is 0 Å². The Morgan fingerprint density at radius 1 is 1.47 bits per heavy atom. The summed E-state index contributed by atoms with van der Waals surface area (Å²) in [4.78, 5) is 13.1. The fraction of sp³-hybridized carbons (Fsp3) is 0.533. The first-order chi connectivity index (χ1) is 9.02. The van der Waals surface area contributed by atoms with E-state index in [1.807, 2.05) is 37.2 Å². The van der Waals surface area contributed by atoms with E-state index in [0.717, 1.165) is 29.8 Å². The molecule has 1 aromatic rings. The lowest BCUT2D eigenvalue weighted by molar-refractivity contribution is -0.137. The summed E-state index contributed by atoms with van der Waals surface area (Å²) in [6.07, 6.45) is 2.45. The first-order valence-corrected chi connectivity index (χ1v) is 6.60. The Morgan fingerprint density at radius 2 is 2.16 bits per heavy atom. The average Bonchev–Trinajstić information content (AvgIpc) is 3.19. The Hall–Kier alpha value is -1.71. The number of benzene rings is 1. The van der Waals surface area contributed by atoms with Gasteiger partial charge in [-0.05, 0) is 48.4 Å². The van der Waals surface area contributed by atoms with E-state index in [0.29, 0.717) is 5.92 Å². The van der Waals surface area contributed by atoms with Gasteiger partial charge >= 0.3 is 5.97 Å². The van der Waals surface area contributed by atoms with E-state index < -0.39 is 5.97 Å². The van der Waals surface area contributed by atoms with Crippen LogP contribution in [0.3, 0.4) is 0 Å². The number of carboxylic acid groups (broad SMARTS) is 1. The van der Waals surface area contributed by atoms with Crippen molar-refractivity contribution in [1.29, 1.82) is 0 Å². The maximum Gasteiger partial charge on any atom is 0.303 e. The van der Waals surface area contributed by atoms with Gasteiger partial charge in [0.05, 0.1) is 13.5 Å². The summed E-state index contributed by atoms with van der Waals surface area (Å²) >= 11 is 0. The van der Waals surface area contributed by atoms with E-state index in [-0.39, 0.29) is 12.3 Å². The third kappa shape index (κ3) is 3.19. The number of aliphatic carboxylic acids is 1. The minimum Gasteiger partial charge on any atom is -0.497 e. The predicted molar refractivity (Wildman–Crippen MR) is 75.0 cm³/mol. The number of rotatable bonds is 6. The van der Waals surface area contributed by atoms with Gasteiger partial charge in [-0.15, -0.1) is 0 Å². The SMILES string of the molecule is COc1ccc(N(C)C)c(C(CC(=O)O)C2CC2)c1. The third-order valence-corrected chi connectivity index (χ3v) is 3.70. The summed E-state index contributed by atoms with van der Waals surface area (Å²) in [7, 11) is 5.60. The number of carbonyl (C=O) groups is 1. The number of anilines is 1. The molecule has 2 rings (SSSR count). The summed E-state index contributed by atoms with van der Waals surface area (Å²) < 4.78 is 5.28. The highest BCUT2D eigenvalue weighted by atomic mass is 16.5. The average molecular weight is 263 g/mol. The lowest BCUT2D eigenvalue weighted by atomic mass is 9.89. The molecule has 0 bridgehead atoms. The van der Waals surface area contributed by atoms with Gasteiger partial charge in [-0.3, -0.25) is 4.79 Å². The number of ether oxygens (including phenoxy) is 1. The van der Waals surface area contributed by atoms with Crippen LogP contribution >= 0.6 is 0 Å². The Kier molecular flexibility index (Phi) is 3.98. The minimum atomic E-state index is -0.732. The van der Waals surface area contributed by atoms with Crippen LogP contribution in [0.5, 0.6) is 5.75 Å². The molecule has 1 fully saturated rings. The zero-order valence-corrected chi connectivity index (χ0v) is 11.7. The van der Waals surface area contributed by atoms with Crippen molar-refractivity contribution in [3.63, 3.8) is 0 Å². The fourth-order valence-electron chi connectivity index (χ4n) is 2.58. The molecule has 1 atom stereocenters. The Balaban J connectivity index is 2.40. The van der Waals surface area contributed by atoms with Crippen LogP contribution in [-0.4, -0.2) is 32.3 Å². The van der Waals surface area contributed by atoms with Gasteiger partial charge in [-0.2, -0.15) is 0 Å². The van der Waals surface area contributed by atoms with E-state index in [2.05, 4.69) is 0 Å². The molecule has 0 radical (unpaired) electrons. The van der Waals surface area contributed by atoms with Gasteiger partial charge in [0, 0.05) is 19.8 Å². The molecule has 0 aromatic heterocycles. The number of hydrogen-bond acceptors (Lipinski definition) is 3. The standard InChI is InChI=1S/C15H21NO3/c1-16(2)14-7-6-11(19-3)8-13(14)12(9-15(17)18)10-4-5-10/h6-8,10,12H,4-5,9H2,1-3H3,(H,17,18). The molecule has 0 amide bonds. The molecule has 1 unspecified atom stereocenters. The van der Waals surface area contributed by atoms with Crippen LogP contribution in [0.4, 0.5) is 5.69 Å². The molecule has 0 saturated heterocycles. The summed E-state index contributed by atoms with van der Waals surface area (Å²) in [5.41, 5.74) is 2.17. The first kappa shape index (κ1) is 13.7. The van der Waals surface area contributed by atoms with Gasteiger partial charge in [0.25, 0.3) is 0 Å². The molecule has 1 aliphatic carbocycles. The third-order valence-electron chi connectivity index (χ3n) is 3.70. The summed E-state index contributed by atoms with van der Waals surface area (Å²) in [5, 5.41) is 9.13. The molecule has 1 N–H and O–H groups in total. The number of hydrogen-bond donors (Lipinski definition) is 1. The van der Waals surface area contributed by atoms with Crippen molar-refractivity contribution in [3.05, 3.63) is 23.8 Å². The maximum atomic E-state index is 11.1. The van der Waals surface area contributed by atoms with E-state index in [1.54, 1.807) is 7.11 Å². The van der Waals surface area contributed by atoms with Crippen molar-refractivity contribution in [3.8, 4) is 5.75 Å². The largest absolute Gasteiger partial charge is 0.497 e. The van der Waals surface area contributed by atoms with E-state index in [9.17, 15) is 4.79 Å². The Morgan fingerprint density at radius 3 is 2.63 bits per heavy atom. The smallest absolute Gasteiger partial charge is 0.303 e. The highest BCUT2D eigenvalue weighted by molar-refractivity contribution is 5.69. The topological polar surface area (TPSA) is 49.8 Å². The van der Waals surface area contributed by atoms with Gasteiger partial charge < -0.3 is 14.7 Å². The molecule has 1 aliphatic rings. The molecule has 1 saturated carbocycles. The zero-order valence-electron chi connectivity index (χ0n) is 11.7. The van der Waals surface area contributed by atoms with Crippen LogP contribution < -0.4 is 9.64 Å². The minimum absolute atomic E-state index is 0.0880. The second kappa shape index (κ2) is 5.51. The predicted octanol–water partition coefficient (Wildman–Crippen LogP) is 2.73. The fourth-order valence-corrected chi connectivity index (χ4v) is 2.58. The van der Waals surface area contributed by atoms with Crippen molar-refractivity contribution in [2.24, 2.45) is 5.92 Å². The summed E-state index contributed by atoms with van der Waals surface area (Å²) in [5.74, 6) is 0.646. The van der Waals surface area contributed by atoms with Crippen molar-refractivity contribution in [1.82, 2.24) is 0 Å². The number of methoxy groups -OCH3 is 1. The Bertz CT molecular complexity index is 466. The van der Waals surface area contributed by atoms with Crippen LogP contribution in [0, 0.1) is 5.92 Å². The molecule has 0 heterocycles. The molecular weight excluding hydrogens is 242 g/mol. The van der Waals surface area contributed by atoms with Gasteiger partial charge in [0.1, 0.15) is 5.75 Å². The van der Waals surface area contributed by atoms with Gasteiger partial charge in [0.2, 0.25) is 0 Å². The van der Waals surface area contributed by atoms with Crippen LogP contribution in [0.15, 0.2) is 18.2 Å². The maximum absolute atomic E-state index is 11.1. The van der Waals surface area contributed by atoms with E-state index in [4.69, 9.17) is 9.84 Å². The Labute approximate surface area is 114 Å². The van der Waals surface area contributed by atoms with Crippen molar-refractivity contribution in [2.75, 3.05) is 26.1 Å². The lowest BCUT2D eigenvalue weighted by Crippen LogP contribution is -2.16. The second-order valence-electron chi connectivity index (χ2n) is 5.36. The molecule has 19 heavy (non-hydrogen) atoms. The van der Waals surface area contributed by atoms with Crippen LogP contribution in [-0.2, 0) is 4.79 Å². The van der Waals surface area contributed by atoms with E-state index in [1.165, 1.54) is 0 Å².